The van der Waals surface area contributed by atoms with Crippen molar-refractivity contribution in [2.75, 3.05) is 42.5 Å². The summed E-state index contributed by atoms with van der Waals surface area (Å²) in [6.07, 6.45) is 5.29. The topological polar surface area (TPSA) is 61.8 Å². The van der Waals surface area contributed by atoms with Crippen molar-refractivity contribution >= 4 is 17.9 Å². The molecule has 5 rings (SSSR count). The Morgan fingerprint density at radius 2 is 1.60 bits per heavy atom. The molecule has 0 saturated carbocycles. The van der Waals surface area contributed by atoms with E-state index < -0.39 is 0 Å². The van der Waals surface area contributed by atoms with Gasteiger partial charge in [0.25, 0.3) is 0 Å². The van der Waals surface area contributed by atoms with Crippen LogP contribution in [0.15, 0.2) is 30.3 Å². The molecule has 1 aromatic carbocycles. The van der Waals surface area contributed by atoms with Crippen LogP contribution in [0.2, 0.25) is 0 Å². The minimum absolute atomic E-state index is 0.263. The van der Waals surface area contributed by atoms with Gasteiger partial charge in [0.1, 0.15) is 12.4 Å². The summed E-state index contributed by atoms with van der Waals surface area (Å²) >= 11 is 0. The smallest absolute Gasteiger partial charge is 0.410 e. The summed E-state index contributed by atoms with van der Waals surface area (Å²) < 4.78 is 5.58. The maximum Gasteiger partial charge on any atom is 0.410 e. The Morgan fingerprint density at radius 3 is 2.33 bits per heavy atom. The van der Waals surface area contributed by atoms with Gasteiger partial charge in [-0.1, -0.05) is 30.3 Å². The third-order valence-corrected chi connectivity index (χ3v) is 6.28. The van der Waals surface area contributed by atoms with Gasteiger partial charge in [-0.15, -0.1) is 0 Å². The van der Waals surface area contributed by atoms with Gasteiger partial charge >= 0.3 is 6.09 Å². The van der Waals surface area contributed by atoms with Gasteiger partial charge in [-0.05, 0) is 31.2 Å². The van der Waals surface area contributed by atoms with Crippen molar-refractivity contribution in [2.24, 2.45) is 0 Å². The molecule has 1 amide bonds. The monoisotopic (exact) mass is 407 g/mol. The van der Waals surface area contributed by atoms with Crippen molar-refractivity contribution in [1.29, 1.82) is 0 Å². The molecule has 3 aliphatic heterocycles. The lowest BCUT2D eigenvalue weighted by molar-refractivity contribution is 0.0916. The zero-order chi connectivity index (χ0) is 20.3. The fraction of sp³-hybridized carbons (Fsp3) is 0.522. The first-order chi connectivity index (χ1) is 14.8. The highest BCUT2D eigenvalue weighted by molar-refractivity contribution is 5.69. The predicted molar refractivity (Wildman–Crippen MR) is 116 cm³/mol. The minimum atomic E-state index is -0.263. The normalized spacial score (nSPS) is 18.6. The molecule has 7 nitrogen and oxygen atoms in total. The van der Waals surface area contributed by atoms with Crippen molar-refractivity contribution in [2.45, 2.75) is 45.3 Å². The van der Waals surface area contributed by atoms with Gasteiger partial charge in [0, 0.05) is 44.7 Å². The second-order valence-electron chi connectivity index (χ2n) is 8.37. The van der Waals surface area contributed by atoms with Crippen molar-refractivity contribution in [3.63, 3.8) is 0 Å². The molecule has 0 aliphatic carbocycles. The molecule has 2 saturated heterocycles. The number of rotatable bonds is 4. The van der Waals surface area contributed by atoms with Crippen molar-refractivity contribution < 1.29 is 9.53 Å². The fourth-order valence-corrected chi connectivity index (χ4v) is 4.60. The van der Waals surface area contributed by atoms with Crippen LogP contribution in [0.4, 0.5) is 16.6 Å². The van der Waals surface area contributed by atoms with E-state index in [9.17, 15) is 4.79 Å². The highest BCUT2D eigenvalue weighted by atomic mass is 16.6. The number of fused-ring (bicyclic) bond motifs is 1. The maximum atomic E-state index is 12.7. The average molecular weight is 408 g/mol. The Balaban J connectivity index is 1.35. The summed E-state index contributed by atoms with van der Waals surface area (Å²) in [6.45, 7) is 5.59. The second-order valence-corrected chi connectivity index (χ2v) is 8.37. The molecular weight excluding hydrogens is 378 g/mol. The van der Waals surface area contributed by atoms with Gasteiger partial charge in [-0.25, -0.2) is 9.78 Å². The van der Waals surface area contributed by atoms with Crippen molar-refractivity contribution in [3.05, 3.63) is 47.2 Å². The highest BCUT2D eigenvalue weighted by Gasteiger charge is 2.30. The molecule has 3 aliphatic rings. The van der Waals surface area contributed by atoms with Crippen molar-refractivity contribution in [3.8, 4) is 0 Å². The maximum absolute atomic E-state index is 12.7. The number of anilines is 2. The molecule has 2 fully saturated rings. The van der Waals surface area contributed by atoms with Crippen LogP contribution in [0, 0.1) is 0 Å². The largest absolute Gasteiger partial charge is 0.445 e. The standard InChI is InChI=1S/C23H29N5O2/c29-23(30-17-18-8-2-1-3-9-18)28-15-10-20-19(16-28)21(26-11-4-5-12-26)25-22(24-20)27-13-6-7-14-27/h1-3,8-9H,4-7,10-17H2. The summed E-state index contributed by atoms with van der Waals surface area (Å²) in [5, 5.41) is 0. The predicted octanol–water partition coefficient (Wildman–Crippen LogP) is 3.37. The zero-order valence-corrected chi connectivity index (χ0v) is 17.4. The molecule has 0 atom stereocenters. The third kappa shape index (κ3) is 3.93. The third-order valence-electron chi connectivity index (χ3n) is 6.28. The van der Waals surface area contributed by atoms with Crippen LogP contribution in [0.3, 0.4) is 0 Å². The molecule has 158 valence electrons. The van der Waals surface area contributed by atoms with E-state index in [4.69, 9.17) is 14.7 Å². The quantitative estimate of drug-likeness (QED) is 0.774. The molecule has 0 N–H and O–H groups in total. The summed E-state index contributed by atoms with van der Waals surface area (Å²) in [4.78, 5) is 29.1. The van der Waals surface area contributed by atoms with Gasteiger partial charge in [0.05, 0.1) is 12.2 Å². The molecule has 0 spiro atoms. The summed E-state index contributed by atoms with van der Waals surface area (Å²) in [5.41, 5.74) is 3.20. The van der Waals surface area contributed by atoms with Gasteiger partial charge in [0.15, 0.2) is 0 Å². The minimum Gasteiger partial charge on any atom is -0.445 e. The molecule has 30 heavy (non-hydrogen) atoms. The van der Waals surface area contributed by atoms with Crippen LogP contribution >= 0.6 is 0 Å². The van der Waals surface area contributed by atoms with Crippen LogP contribution in [-0.4, -0.2) is 53.7 Å². The molecule has 4 heterocycles. The lowest BCUT2D eigenvalue weighted by Crippen LogP contribution is -2.38. The van der Waals surface area contributed by atoms with E-state index in [1.165, 1.54) is 25.7 Å². The highest BCUT2D eigenvalue weighted by Crippen LogP contribution is 2.32. The first kappa shape index (κ1) is 19.2. The van der Waals surface area contributed by atoms with Crippen LogP contribution in [0.5, 0.6) is 0 Å². The zero-order valence-electron chi connectivity index (χ0n) is 17.4. The molecule has 7 heteroatoms. The Bertz CT molecular complexity index is 892. The van der Waals surface area contributed by atoms with Crippen LogP contribution in [0.25, 0.3) is 0 Å². The number of ether oxygens (including phenoxy) is 1. The van der Waals surface area contributed by atoms with Gasteiger partial charge in [-0.2, -0.15) is 4.98 Å². The summed E-state index contributed by atoms with van der Waals surface area (Å²) in [5.74, 6) is 1.90. The lowest BCUT2D eigenvalue weighted by atomic mass is 10.1. The van der Waals surface area contributed by atoms with E-state index in [1.807, 2.05) is 30.3 Å². The molecule has 0 radical (unpaired) electrons. The molecule has 0 bridgehead atoms. The number of hydrogen-bond donors (Lipinski definition) is 0. The van der Waals surface area contributed by atoms with E-state index in [2.05, 4.69) is 9.80 Å². The number of amides is 1. The van der Waals surface area contributed by atoms with E-state index >= 15 is 0 Å². The van der Waals surface area contributed by atoms with Gasteiger partial charge in [0.2, 0.25) is 5.95 Å². The first-order valence-electron chi connectivity index (χ1n) is 11.1. The molecule has 2 aromatic rings. The van der Waals surface area contributed by atoms with Gasteiger partial charge < -0.3 is 19.4 Å². The number of carbonyl (C=O) groups is 1. The number of hydrogen-bond acceptors (Lipinski definition) is 6. The second kappa shape index (κ2) is 8.50. The van der Waals surface area contributed by atoms with E-state index in [-0.39, 0.29) is 6.09 Å². The Hall–Kier alpha value is -2.83. The Morgan fingerprint density at radius 1 is 0.900 bits per heavy atom. The molecular formula is C23H29N5O2. The lowest BCUT2D eigenvalue weighted by Gasteiger charge is -2.32. The Labute approximate surface area is 177 Å². The van der Waals surface area contributed by atoms with Crippen LogP contribution < -0.4 is 9.80 Å². The summed E-state index contributed by atoms with van der Waals surface area (Å²) in [7, 11) is 0. The van der Waals surface area contributed by atoms with Crippen molar-refractivity contribution in [1.82, 2.24) is 14.9 Å². The number of carbonyl (C=O) groups excluding carboxylic acids is 1. The van der Waals surface area contributed by atoms with E-state index in [0.29, 0.717) is 19.7 Å². The van der Waals surface area contributed by atoms with Crippen LogP contribution in [-0.2, 0) is 24.3 Å². The number of benzene rings is 1. The molecule has 1 aromatic heterocycles. The van der Waals surface area contributed by atoms with Crippen LogP contribution in [0.1, 0.15) is 42.5 Å². The number of aromatic nitrogens is 2. The molecule has 0 unspecified atom stereocenters. The summed E-state index contributed by atoms with van der Waals surface area (Å²) in [6, 6.07) is 9.81. The Kier molecular flexibility index (Phi) is 5.43. The first-order valence-corrected chi connectivity index (χ1v) is 11.1. The number of nitrogens with zero attached hydrogens (tertiary/aromatic N) is 5. The fourth-order valence-electron chi connectivity index (χ4n) is 4.60. The van der Waals surface area contributed by atoms with E-state index in [1.54, 1.807) is 4.90 Å². The average Bonchev–Trinajstić information content (AvgIpc) is 3.51. The van der Waals surface area contributed by atoms with Gasteiger partial charge in [-0.3, -0.25) is 0 Å². The SMILES string of the molecule is O=C(OCc1ccccc1)N1CCc2nc(N3CCCC3)nc(N3CCCC3)c2C1. The van der Waals surface area contributed by atoms with E-state index in [0.717, 1.165) is 61.2 Å².